The molecule has 1 fully saturated rings. The van der Waals surface area contributed by atoms with Gasteiger partial charge in [0, 0.05) is 10.9 Å². The number of fused-ring (bicyclic) bond motifs is 1. The van der Waals surface area contributed by atoms with Gasteiger partial charge >= 0.3 is 6.03 Å². The second kappa shape index (κ2) is 7.40. The molecule has 2 aliphatic carbocycles. The van der Waals surface area contributed by atoms with Crippen LogP contribution in [-0.4, -0.2) is 33.9 Å². The van der Waals surface area contributed by atoms with Gasteiger partial charge in [0.1, 0.15) is 0 Å². The predicted molar refractivity (Wildman–Crippen MR) is 99.2 cm³/mol. The fourth-order valence-electron chi connectivity index (χ4n) is 2.92. The molecule has 26 heavy (non-hydrogen) atoms. The number of aryl methyl sites for hydroxylation is 1. The highest BCUT2D eigenvalue weighted by atomic mass is 32.2. The maximum absolute atomic E-state index is 11.8. The summed E-state index contributed by atoms with van der Waals surface area (Å²) in [4.78, 5) is 25.7. The van der Waals surface area contributed by atoms with E-state index in [0.717, 1.165) is 48.2 Å². The number of imide groups is 1. The van der Waals surface area contributed by atoms with E-state index < -0.39 is 6.03 Å². The number of aromatic nitrogens is 2. The van der Waals surface area contributed by atoms with Crippen molar-refractivity contribution in [2.75, 3.05) is 5.75 Å². The predicted octanol–water partition coefficient (Wildman–Crippen LogP) is 3.00. The van der Waals surface area contributed by atoms with E-state index in [1.54, 1.807) is 11.3 Å². The van der Waals surface area contributed by atoms with Gasteiger partial charge in [-0.2, -0.15) is 0 Å². The molecule has 3 amide bonds. The molecular weight excluding hydrogens is 372 g/mol. The van der Waals surface area contributed by atoms with Crippen LogP contribution in [0.4, 0.5) is 4.79 Å². The maximum atomic E-state index is 11.8. The molecule has 2 aromatic rings. The van der Waals surface area contributed by atoms with Gasteiger partial charge in [0.25, 0.3) is 11.1 Å². The second-order valence-electron chi connectivity index (χ2n) is 6.86. The Kier molecular flexibility index (Phi) is 4.99. The van der Waals surface area contributed by atoms with E-state index in [-0.39, 0.29) is 17.7 Å². The van der Waals surface area contributed by atoms with Crippen molar-refractivity contribution in [3.8, 4) is 10.8 Å². The standard InChI is InChI=1S/C17H20N4O3S2/c1-9-2-5-12-10(6-9)7-13(26-12)15-20-21-17(24-15)25-8-14(22)19-16(23)18-11-3-4-11/h7,9,11H,2-6,8H2,1H3,(H2,18,19,22,23)/t9-/m0/s1. The Bertz CT molecular complexity index is 828. The molecule has 2 aliphatic rings. The number of thioether (sulfide) groups is 1. The van der Waals surface area contributed by atoms with Crippen molar-refractivity contribution in [3.63, 3.8) is 0 Å². The third-order valence-corrected chi connectivity index (χ3v) is 6.48. The lowest BCUT2D eigenvalue weighted by molar-refractivity contribution is -0.117. The molecule has 2 N–H and O–H groups in total. The minimum atomic E-state index is -0.442. The number of urea groups is 1. The first-order valence-electron chi connectivity index (χ1n) is 8.75. The van der Waals surface area contributed by atoms with Crippen LogP contribution in [-0.2, 0) is 17.6 Å². The molecule has 2 heterocycles. The second-order valence-corrected chi connectivity index (χ2v) is 8.93. The number of rotatable bonds is 5. The largest absolute Gasteiger partial charge is 0.410 e. The summed E-state index contributed by atoms with van der Waals surface area (Å²) in [6.45, 7) is 2.28. The van der Waals surface area contributed by atoms with Gasteiger partial charge in [0.15, 0.2) is 0 Å². The van der Waals surface area contributed by atoms with Gasteiger partial charge in [0.05, 0.1) is 10.6 Å². The Balaban J connectivity index is 1.31. The summed E-state index contributed by atoms with van der Waals surface area (Å²) in [5, 5.41) is 13.4. The molecule has 0 saturated heterocycles. The summed E-state index contributed by atoms with van der Waals surface area (Å²) in [6.07, 6.45) is 5.39. The van der Waals surface area contributed by atoms with E-state index >= 15 is 0 Å². The van der Waals surface area contributed by atoms with Crippen LogP contribution < -0.4 is 10.6 Å². The molecular formula is C17H20N4O3S2. The summed E-state index contributed by atoms with van der Waals surface area (Å²) in [5.41, 5.74) is 1.39. The average molecular weight is 393 g/mol. The van der Waals surface area contributed by atoms with E-state index in [9.17, 15) is 9.59 Å². The summed E-state index contributed by atoms with van der Waals surface area (Å²) < 4.78 is 5.67. The highest BCUT2D eigenvalue weighted by Gasteiger charge is 2.24. The van der Waals surface area contributed by atoms with Crippen LogP contribution in [0, 0.1) is 5.92 Å². The van der Waals surface area contributed by atoms with Gasteiger partial charge < -0.3 is 9.73 Å². The topological polar surface area (TPSA) is 97.1 Å². The van der Waals surface area contributed by atoms with E-state index in [1.165, 1.54) is 16.9 Å². The van der Waals surface area contributed by atoms with E-state index in [4.69, 9.17) is 4.42 Å². The molecule has 0 spiro atoms. The number of hydrogen-bond acceptors (Lipinski definition) is 7. The van der Waals surface area contributed by atoms with Crippen LogP contribution in [0.2, 0.25) is 0 Å². The van der Waals surface area contributed by atoms with Gasteiger partial charge in [-0.3, -0.25) is 10.1 Å². The van der Waals surface area contributed by atoms with Gasteiger partial charge in [-0.1, -0.05) is 18.7 Å². The molecule has 9 heteroatoms. The summed E-state index contributed by atoms with van der Waals surface area (Å²) in [5.74, 6) is 0.882. The molecule has 138 valence electrons. The molecule has 7 nitrogen and oxygen atoms in total. The van der Waals surface area contributed by atoms with Gasteiger partial charge in [-0.25, -0.2) is 4.79 Å². The van der Waals surface area contributed by atoms with Gasteiger partial charge in [-0.05, 0) is 49.7 Å². The Morgan fingerprint density at radius 3 is 3.00 bits per heavy atom. The van der Waals surface area contributed by atoms with Crippen LogP contribution in [0.15, 0.2) is 15.7 Å². The first-order chi connectivity index (χ1) is 12.6. The van der Waals surface area contributed by atoms with Gasteiger partial charge in [-0.15, -0.1) is 21.5 Å². The Morgan fingerprint density at radius 1 is 1.35 bits per heavy atom. The molecule has 0 aliphatic heterocycles. The van der Waals surface area contributed by atoms with Gasteiger partial charge in [0.2, 0.25) is 5.91 Å². The van der Waals surface area contributed by atoms with E-state index in [1.807, 2.05) is 0 Å². The lowest BCUT2D eigenvalue weighted by Crippen LogP contribution is -2.41. The minimum absolute atomic E-state index is 0.0537. The Morgan fingerprint density at radius 2 is 2.19 bits per heavy atom. The van der Waals surface area contributed by atoms with Crippen molar-refractivity contribution in [3.05, 3.63) is 16.5 Å². The maximum Gasteiger partial charge on any atom is 0.321 e. The first-order valence-corrected chi connectivity index (χ1v) is 10.6. The van der Waals surface area contributed by atoms with Crippen LogP contribution in [0.1, 0.15) is 36.6 Å². The van der Waals surface area contributed by atoms with Crippen molar-refractivity contribution in [2.24, 2.45) is 5.92 Å². The number of hydrogen-bond donors (Lipinski definition) is 2. The van der Waals surface area contributed by atoms with E-state index in [2.05, 4.69) is 33.8 Å². The Hall–Kier alpha value is -1.87. The zero-order valence-corrected chi connectivity index (χ0v) is 16.0. The molecule has 0 unspecified atom stereocenters. The minimum Gasteiger partial charge on any atom is -0.410 e. The molecule has 1 saturated carbocycles. The highest BCUT2D eigenvalue weighted by molar-refractivity contribution is 7.99. The number of carbonyl (C=O) groups excluding carboxylic acids is 2. The van der Waals surface area contributed by atoms with E-state index in [0.29, 0.717) is 11.1 Å². The number of amides is 3. The lowest BCUT2D eigenvalue weighted by Gasteiger charge is -2.16. The van der Waals surface area contributed by atoms with Crippen LogP contribution in [0.25, 0.3) is 10.8 Å². The smallest absolute Gasteiger partial charge is 0.321 e. The molecule has 2 aromatic heterocycles. The molecule has 0 radical (unpaired) electrons. The fraction of sp³-hybridized carbons (Fsp3) is 0.529. The van der Waals surface area contributed by atoms with Crippen molar-refractivity contribution in [2.45, 2.75) is 50.3 Å². The number of nitrogens with one attached hydrogen (secondary N) is 2. The normalized spacial score (nSPS) is 19.0. The third-order valence-electron chi connectivity index (χ3n) is 4.44. The van der Waals surface area contributed by atoms with Crippen molar-refractivity contribution in [1.29, 1.82) is 0 Å². The summed E-state index contributed by atoms with van der Waals surface area (Å²) >= 11 is 2.84. The fourth-order valence-corrected chi connectivity index (χ4v) is 4.61. The van der Waals surface area contributed by atoms with Crippen LogP contribution >= 0.6 is 23.1 Å². The zero-order chi connectivity index (χ0) is 18.1. The van der Waals surface area contributed by atoms with Crippen LogP contribution in [0.5, 0.6) is 0 Å². The summed E-state index contributed by atoms with van der Waals surface area (Å²) in [7, 11) is 0. The molecule has 0 aromatic carbocycles. The molecule has 0 bridgehead atoms. The third kappa shape index (κ3) is 4.27. The summed E-state index contributed by atoms with van der Waals surface area (Å²) in [6, 6.07) is 1.92. The molecule has 4 rings (SSSR count). The van der Waals surface area contributed by atoms with Crippen molar-refractivity contribution in [1.82, 2.24) is 20.8 Å². The first kappa shape index (κ1) is 17.5. The average Bonchev–Trinajstić information content (AvgIpc) is 3.12. The van der Waals surface area contributed by atoms with Crippen molar-refractivity contribution < 1.29 is 14.0 Å². The van der Waals surface area contributed by atoms with Crippen LogP contribution in [0.3, 0.4) is 0 Å². The highest BCUT2D eigenvalue weighted by Crippen LogP contribution is 2.37. The number of thiophene rings is 1. The zero-order valence-electron chi connectivity index (χ0n) is 14.4. The molecule has 1 atom stereocenters. The SMILES string of the molecule is C[C@H]1CCc2sc(-c3nnc(SCC(=O)NC(=O)NC4CC4)o3)cc2C1. The number of nitrogens with zero attached hydrogens (tertiary/aromatic N) is 2. The monoisotopic (exact) mass is 392 g/mol. The Labute approximate surface area is 159 Å². The number of carbonyl (C=O) groups is 2. The lowest BCUT2D eigenvalue weighted by atomic mass is 9.90. The quantitative estimate of drug-likeness (QED) is 0.759. The van der Waals surface area contributed by atoms with Crippen molar-refractivity contribution >= 4 is 35.0 Å².